The van der Waals surface area contributed by atoms with Crippen LogP contribution in [0.5, 0.6) is 0 Å². The molecule has 2 aliphatic rings. The van der Waals surface area contributed by atoms with Crippen LogP contribution >= 0.6 is 0 Å². The molecule has 27 heavy (non-hydrogen) atoms. The van der Waals surface area contributed by atoms with Crippen molar-refractivity contribution >= 4 is 22.5 Å². The summed E-state index contributed by atoms with van der Waals surface area (Å²) >= 11 is 0. The monoisotopic (exact) mass is 363 g/mol. The van der Waals surface area contributed by atoms with E-state index in [1.165, 1.54) is 5.56 Å². The normalized spacial score (nSPS) is 22.9. The largest absolute Gasteiger partial charge is 0.380 e. The van der Waals surface area contributed by atoms with Gasteiger partial charge in [0.1, 0.15) is 6.04 Å². The molecule has 0 aliphatic carbocycles. The molecule has 2 fully saturated rings. The second-order valence-corrected chi connectivity index (χ2v) is 7.57. The molecule has 0 spiro atoms. The highest BCUT2D eigenvalue weighted by atomic mass is 16.2. The fraction of sp³-hybridized carbons (Fsp3) is 0.476. The lowest BCUT2D eigenvalue weighted by Crippen LogP contribution is -2.42. The van der Waals surface area contributed by atoms with E-state index in [9.17, 15) is 10.1 Å². The van der Waals surface area contributed by atoms with Crippen molar-refractivity contribution in [1.82, 2.24) is 14.8 Å². The molecule has 3 heterocycles. The summed E-state index contributed by atoms with van der Waals surface area (Å²) in [5, 5.41) is 14.0. The molecule has 2 saturated heterocycles. The number of benzene rings is 1. The number of nitriles is 1. The van der Waals surface area contributed by atoms with Crippen molar-refractivity contribution in [1.29, 1.82) is 5.26 Å². The van der Waals surface area contributed by atoms with Crippen molar-refractivity contribution in [2.24, 2.45) is 0 Å². The minimum Gasteiger partial charge on any atom is -0.380 e. The first-order valence-electron chi connectivity index (χ1n) is 9.68. The molecule has 2 atom stereocenters. The van der Waals surface area contributed by atoms with Gasteiger partial charge in [-0.05, 0) is 49.9 Å². The molecule has 6 heteroatoms. The van der Waals surface area contributed by atoms with E-state index in [1.807, 2.05) is 12.3 Å². The summed E-state index contributed by atoms with van der Waals surface area (Å²) in [6, 6.07) is 10.5. The summed E-state index contributed by atoms with van der Waals surface area (Å²) in [7, 11) is 0. The number of aromatic nitrogens is 1. The number of carbonyl (C=O) groups is 1. The highest BCUT2D eigenvalue weighted by molar-refractivity contribution is 5.93. The summed E-state index contributed by atoms with van der Waals surface area (Å²) in [5.74, 6) is 0.0882. The summed E-state index contributed by atoms with van der Waals surface area (Å²) < 4.78 is 0. The third-order valence-corrected chi connectivity index (χ3v) is 5.70. The zero-order valence-electron chi connectivity index (χ0n) is 15.7. The van der Waals surface area contributed by atoms with E-state index in [-0.39, 0.29) is 11.9 Å². The second kappa shape index (κ2) is 7.53. The quantitative estimate of drug-likeness (QED) is 0.904. The molecule has 0 bridgehead atoms. The fourth-order valence-electron chi connectivity index (χ4n) is 4.23. The van der Waals surface area contributed by atoms with Crippen LogP contribution in [0.3, 0.4) is 0 Å². The lowest BCUT2D eigenvalue weighted by molar-refractivity contribution is -0.132. The molecule has 1 unspecified atom stereocenters. The first kappa shape index (κ1) is 17.7. The third kappa shape index (κ3) is 3.60. The van der Waals surface area contributed by atoms with Gasteiger partial charge >= 0.3 is 0 Å². The van der Waals surface area contributed by atoms with Gasteiger partial charge in [0, 0.05) is 42.9 Å². The van der Waals surface area contributed by atoms with Gasteiger partial charge in [-0.1, -0.05) is 6.07 Å². The van der Waals surface area contributed by atoms with E-state index in [0.717, 1.165) is 55.5 Å². The number of hydrogen-bond donors (Lipinski definition) is 1. The summed E-state index contributed by atoms with van der Waals surface area (Å²) in [6.07, 6.45) is 4.56. The van der Waals surface area contributed by atoms with E-state index in [2.05, 4.69) is 46.4 Å². The molecular weight excluding hydrogens is 338 g/mol. The predicted octanol–water partition coefficient (Wildman–Crippen LogP) is 2.54. The van der Waals surface area contributed by atoms with Gasteiger partial charge in [-0.2, -0.15) is 5.26 Å². The van der Waals surface area contributed by atoms with Gasteiger partial charge in [0.25, 0.3) is 0 Å². The molecular formula is C21H25N5O. The number of pyridine rings is 1. The van der Waals surface area contributed by atoms with Crippen molar-refractivity contribution < 1.29 is 4.79 Å². The van der Waals surface area contributed by atoms with E-state index in [1.54, 1.807) is 4.90 Å². The number of carbonyl (C=O) groups excluding carboxylic acids is 1. The van der Waals surface area contributed by atoms with Crippen LogP contribution in [0, 0.1) is 18.3 Å². The number of nitrogens with zero attached hydrogens (tertiary/aromatic N) is 4. The Bertz CT molecular complexity index is 890. The molecule has 1 aromatic carbocycles. The Hall–Kier alpha value is -2.65. The molecule has 4 rings (SSSR count). The number of amides is 1. The number of anilines is 1. The number of nitrogens with one attached hydrogen (secondary N) is 1. The Morgan fingerprint density at radius 1 is 1.33 bits per heavy atom. The summed E-state index contributed by atoms with van der Waals surface area (Å²) in [4.78, 5) is 21.0. The van der Waals surface area contributed by atoms with E-state index in [4.69, 9.17) is 0 Å². The van der Waals surface area contributed by atoms with Gasteiger partial charge in [-0.15, -0.1) is 0 Å². The first-order chi connectivity index (χ1) is 13.2. The molecule has 2 aromatic rings. The fourth-order valence-corrected chi connectivity index (χ4v) is 4.23. The van der Waals surface area contributed by atoms with Crippen LogP contribution in [0.1, 0.15) is 24.8 Å². The number of fused-ring (bicyclic) bond motifs is 1. The van der Waals surface area contributed by atoms with Gasteiger partial charge in [-0.3, -0.25) is 14.7 Å². The van der Waals surface area contributed by atoms with Gasteiger partial charge < -0.3 is 10.2 Å². The lowest BCUT2D eigenvalue weighted by Gasteiger charge is -2.23. The molecule has 1 aromatic heterocycles. The average molecular weight is 363 g/mol. The molecule has 140 valence electrons. The van der Waals surface area contributed by atoms with Crippen LogP contribution in [-0.2, 0) is 4.79 Å². The van der Waals surface area contributed by atoms with Crippen molar-refractivity contribution in [3.8, 4) is 6.07 Å². The van der Waals surface area contributed by atoms with E-state index >= 15 is 0 Å². The molecule has 6 nitrogen and oxygen atoms in total. The van der Waals surface area contributed by atoms with Crippen molar-refractivity contribution in [3.05, 3.63) is 36.0 Å². The first-order valence-corrected chi connectivity index (χ1v) is 9.68. The highest BCUT2D eigenvalue weighted by Crippen LogP contribution is 2.28. The van der Waals surface area contributed by atoms with Crippen LogP contribution in [0.4, 0.5) is 5.69 Å². The molecule has 0 radical (unpaired) electrons. The van der Waals surface area contributed by atoms with Gasteiger partial charge in [0.05, 0.1) is 18.1 Å². The molecule has 0 saturated carbocycles. The third-order valence-electron chi connectivity index (χ3n) is 5.70. The number of likely N-dealkylation sites (tertiary alicyclic amines) is 2. The van der Waals surface area contributed by atoms with Crippen molar-refractivity contribution in [2.45, 2.75) is 38.3 Å². The zero-order valence-corrected chi connectivity index (χ0v) is 15.7. The predicted molar refractivity (Wildman–Crippen MR) is 105 cm³/mol. The van der Waals surface area contributed by atoms with E-state index in [0.29, 0.717) is 12.6 Å². The zero-order chi connectivity index (χ0) is 18.8. The minimum absolute atomic E-state index is 0.0882. The summed E-state index contributed by atoms with van der Waals surface area (Å²) in [6.45, 7) is 4.98. The number of hydrogen-bond acceptors (Lipinski definition) is 5. The maximum Gasteiger partial charge on any atom is 0.237 e. The van der Waals surface area contributed by atoms with Gasteiger partial charge in [0.2, 0.25) is 5.91 Å². The van der Waals surface area contributed by atoms with E-state index < -0.39 is 0 Å². The van der Waals surface area contributed by atoms with Crippen molar-refractivity contribution in [3.63, 3.8) is 0 Å². The SMILES string of the molecule is Cc1ccc2ncccc2c1N[C@H]1CCN(CC(=O)N2CCCC2C#N)C1. The number of rotatable bonds is 4. The molecule has 1 N–H and O–H groups in total. The summed E-state index contributed by atoms with van der Waals surface area (Å²) in [5.41, 5.74) is 3.34. The standard InChI is InChI=1S/C21H25N5O/c1-15-6-7-19-18(5-2-9-23-19)21(15)24-16-8-11-25(13-16)14-20(27)26-10-3-4-17(26)12-22/h2,5-7,9,16-17,24H,3-4,8,10-11,13-14H2,1H3/t16-,17?/m0/s1. The lowest BCUT2D eigenvalue weighted by atomic mass is 10.1. The van der Waals surface area contributed by atoms with Crippen LogP contribution in [0.15, 0.2) is 30.5 Å². The highest BCUT2D eigenvalue weighted by Gasteiger charge is 2.31. The molecule has 1 amide bonds. The van der Waals surface area contributed by atoms with Crippen molar-refractivity contribution in [2.75, 3.05) is 31.5 Å². The smallest absolute Gasteiger partial charge is 0.237 e. The topological polar surface area (TPSA) is 72.3 Å². The Morgan fingerprint density at radius 3 is 3.07 bits per heavy atom. The van der Waals surface area contributed by atoms with Crippen LogP contribution in [0.25, 0.3) is 10.9 Å². The Kier molecular flexibility index (Phi) is 4.95. The minimum atomic E-state index is -0.236. The Labute approximate surface area is 159 Å². The van der Waals surface area contributed by atoms with Crippen LogP contribution in [0.2, 0.25) is 0 Å². The maximum atomic E-state index is 12.6. The van der Waals surface area contributed by atoms with Gasteiger partial charge in [0.15, 0.2) is 0 Å². The van der Waals surface area contributed by atoms with Crippen LogP contribution < -0.4 is 5.32 Å². The second-order valence-electron chi connectivity index (χ2n) is 7.57. The Morgan fingerprint density at radius 2 is 2.22 bits per heavy atom. The average Bonchev–Trinajstić information content (AvgIpc) is 3.33. The number of aryl methyl sites for hydroxylation is 1. The maximum absolute atomic E-state index is 12.6. The van der Waals surface area contributed by atoms with Crippen LogP contribution in [-0.4, -0.2) is 59.0 Å². The van der Waals surface area contributed by atoms with Gasteiger partial charge in [-0.25, -0.2) is 0 Å². The molecule has 2 aliphatic heterocycles. The Balaban J connectivity index is 1.40.